The number of carbonyl (C=O) groups is 1. The van der Waals surface area contributed by atoms with Gasteiger partial charge in [-0.15, -0.1) is 0 Å². The van der Waals surface area contributed by atoms with E-state index in [9.17, 15) is 4.79 Å². The zero-order chi connectivity index (χ0) is 11.7. The maximum absolute atomic E-state index is 11.5. The van der Waals surface area contributed by atoms with E-state index in [2.05, 4.69) is 10.6 Å². The summed E-state index contributed by atoms with van der Waals surface area (Å²) in [6.45, 7) is 2.39. The highest BCUT2D eigenvalue weighted by molar-refractivity contribution is 5.68. The van der Waals surface area contributed by atoms with Crippen LogP contribution in [0.5, 0.6) is 0 Å². The Morgan fingerprint density at radius 3 is 2.76 bits per heavy atom. The van der Waals surface area contributed by atoms with Crippen LogP contribution in [0.2, 0.25) is 0 Å². The third-order valence-electron chi connectivity index (χ3n) is 3.65. The van der Waals surface area contributed by atoms with Crippen molar-refractivity contribution in [1.29, 1.82) is 0 Å². The lowest BCUT2D eigenvalue weighted by molar-refractivity contribution is 0.136. The van der Waals surface area contributed by atoms with Crippen molar-refractivity contribution in [3.05, 3.63) is 35.9 Å². The molecule has 2 N–H and O–H groups in total. The number of hydrogen-bond acceptors (Lipinski definition) is 3. The highest BCUT2D eigenvalue weighted by Crippen LogP contribution is 2.48. The van der Waals surface area contributed by atoms with E-state index in [4.69, 9.17) is 4.74 Å². The first-order chi connectivity index (χ1) is 8.28. The van der Waals surface area contributed by atoms with Crippen molar-refractivity contribution in [2.75, 3.05) is 13.1 Å². The molecule has 2 fully saturated rings. The fourth-order valence-electron chi connectivity index (χ4n) is 2.30. The van der Waals surface area contributed by atoms with Crippen molar-refractivity contribution in [3.63, 3.8) is 0 Å². The van der Waals surface area contributed by atoms with E-state index >= 15 is 0 Å². The van der Waals surface area contributed by atoms with Crippen LogP contribution in [0.1, 0.15) is 12.0 Å². The molecule has 0 bridgehead atoms. The van der Waals surface area contributed by atoms with Crippen molar-refractivity contribution in [1.82, 2.24) is 10.6 Å². The normalized spacial score (nSPS) is 23.9. The van der Waals surface area contributed by atoms with Crippen LogP contribution in [0.4, 0.5) is 4.79 Å². The summed E-state index contributed by atoms with van der Waals surface area (Å²) in [5, 5.41) is 6.15. The van der Waals surface area contributed by atoms with Crippen LogP contribution in [-0.2, 0) is 11.3 Å². The summed E-state index contributed by atoms with van der Waals surface area (Å²) in [4.78, 5) is 11.5. The molecular formula is C13H16N2O2. The van der Waals surface area contributed by atoms with Gasteiger partial charge < -0.3 is 15.4 Å². The molecule has 1 aliphatic heterocycles. The molecule has 1 aromatic rings. The number of rotatable bonds is 3. The van der Waals surface area contributed by atoms with E-state index in [-0.39, 0.29) is 6.09 Å². The molecule has 1 spiro atoms. The molecule has 0 aromatic heterocycles. The van der Waals surface area contributed by atoms with Gasteiger partial charge >= 0.3 is 6.09 Å². The third kappa shape index (κ3) is 2.13. The fourth-order valence-corrected chi connectivity index (χ4v) is 2.30. The molecule has 90 valence electrons. The molecule has 0 radical (unpaired) electrons. The first-order valence-electron chi connectivity index (χ1n) is 5.96. The lowest BCUT2D eigenvalue weighted by atomic mass is 9.99. The third-order valence-corrected chi connectivity index (χ3v) is 3.65. The van der Waals surface area contributed by atoms with Crippen LogP contribution in [-0.4, -0.2) is 25.2 Å². The molecule has 1 heterocycles. The van der Waals surface area contributed by atoms with Crippen LogP contribution < -0.4 is 10.6 Å². The van der Waals surface area contributed by atoms with E-state index in [1.54, 1.807) is 0 Å². The number of ether oxygens (including phenoxy) is 1. The van der Waals surface area contributed by atoms with E-state index in [0.717, 1.165) is 25.1 Å². The minimum absolute atomic E-state index is 0.303. The molecule has 1 saturated carbocycles. The van der Waals surface area contributed by atoms with Gasteiger partial charge in [0.2, 0.25) is 0 Å². The second kappa shape index (κ2) is 4.04. The standard InChI is InChI=1S/C13H16N2O2/c16-12(15-11-6-13(11)8-14-9-13)17-7-10-4-2-1-3-5-10/h1-5,11,14H,6-9H2,(H,15,16). The fraction of sp³-hybridized carbons (Fsp3) is 0.462. The van der Waals surface area contributed by atoms with E-state index in [1.165, 1.54) is 0 Å². The van der Waals surface area contributed by atoms with Gasteiger partial charge in [0.15, 0.2) is 0 Å². The second-order valence-electron chi connectivity index (χ2n) is 4.93. The van der Waals surface area contributed by atoms with Crippen molar-refractivity contribution in [3.8, 4) is 0 Å². The average molecular weight is 232 g/mol. The predicted octanol–water partition coefficient (Wildman–Crippen LogP) is 1.27. The number of nitrogens with one attached hydrogen (secondary N) is 2. The maximum atomic E-state index is 11.5. The zero-order valence-corrected chi connectivity index (χ0v) is 9.61. The Morgan fingerprint density at radius 1 is 1.41 bits per heavy atom. The van der Waals surface area contributed by atoms with E-state index in [0.29, 0.717) is 18.1 Å². The second-order valence-corrected chi connectivity index (χ2v) is 4.93. The van der Waals surface area contributed by atoms with Gasteiger partial charge in [0.1, 0.15) is 6.61 Å². The van der Waals surface area contributed by atoms with Crippen LogP contribution in [0, 0.1) is 5.41 Å². The molecule has 4 nitrogen and oxygen atoms in total. The molecule has 3 rings (SSSR count). The number of alkyl carbamates (subject to hydrolysis) is 1. The summed E-state index contributed by atoms with van der Waals surface area (Å²) in [5.74, 6) is 0. The van der Waals surface area contributed by atoms with Gasteiger partial charge in [-0.1, -0.05) is 30.3 Å². The molecule has 1 aromatic carbocycles. The molecule has 1 unspecified atom stereocenters. The highest BCUT2D eigenvalue weighted by Gasteiger charge is 2.58. The Hall–Kier alpha value is -1.55. The van der Waals surface area contributed by atoms with Gasteiger partial charge in [-0.05, 0) is 12.0 Å². The quantitative estimate of drug-likeness (QED) is 0.825. The maximum Gasteiger partial charge on any atom is 0.407 e. The van der Waals surface area contributed by atoms with Gasteiger partial charge in [-0.25, -0.2) is 4.79 Å². The Balaban J connectivity index is 1.42. The van der Waals surface area contributed by atoms with Crippen LogP contribution in [0.25, 0.3) is 0 Å². The summed E-state index contributed by atoms with van der Waals surface area (Å²) in [5.41, 5.74) is 1.37. The Bertz CT molecular complexity index is 415. The van der Waals surface area contributed by atoms with Crippen molar-refractivity contribution >= 4 is 6.09 Å². The molecule has 1 aliphatic carbocycles. The largest absolute Gasteiger partial charge is 0.445 e. The van der Waals surface area contributed by atoms with Crippen molar-refractivity contribution < 1.29 is 9.53 Å². The number of amides is 1. The van der Waals surface area contributed by atoms with Crippen LogP contribution in [0.3, 0.4) is 0 Å². The highest BCUT2D eigenvalue weighted by atomic mass is 16.5. The molecule has 4 heteroatoms. The molecule has 17 heavy (non-hydrogen) atoms. The van der Waals surface area contributed by atoms with Crippen molar-refractivity contribution in [2.45, 2.75) is 19.1 Å². The van der Waals surface area contributed by atoms with Gasteiger partial charge in [0.25, 0.3) is 0 Å². The minimum atomic E-state index is -0.303. The summed E-state index contributed by atoms with van der Waals surface area (Å²) in [6, 6.07) is 10.0. The topological polar surface area (TPSA) is 50.4 Å². The predicted molar refractivity (Wildman–Crippen MR) is 63.5 cm³/mol. The SMILES string of the molecule is O=C(NC1CC12CNC2)OCc1ccccc1. The van der Waals surface area contributed by atoms with Gasteiger partial charge in [0.05, 0.1) is 0 Å². The van der Waals surface area contributed by atoms with Crippen LogP contribution >= 0.6 is 0 Å². The Morgan fingerprint density at radius 2 is 2.18 bits per heavy atom. The number of benzene rings is 1. The zero-order valence-electron chi connectivity index (χ0n) is 9.61. The summed E-state index contributed by atoms with van der Waals surface area (Å²) >= 11 is 0. The van der Waals surface area contributed by atoms with E-state index < -0.39 is 0 Å². The molecule has 2 aliphatic rings. The molecule has 1 saturated heterocycles. The molecular weight excluding hydrogens is 216 g/mol. The van der Waals surface area contributed by atoms with Gasteiger partial charge in [0, 0.05) is 24.5 Å². The van der Waals surface area contributed by atoms with Crippen molar-refractivity contribution in [2.24, 2.45) is 5.41 Å². The Labute approximate surface area is 100 Å². The summed E-state index contributed by atoms with van der Waals surface area (Å²) < 4.78 is 5.17. The minimum Gasteiger partial charge on any atom is -0.445 e. The average Bonchev–Trinajstić information content (AvgIpc) is 3.02. The number of carbonyl (C=O) groups excluding carboxylic acids is 1. The Kier molecular flexibility index (Phi) is 2.52. The van der Waals surface area contributed by atoms with Gasteiger partial charge in [-0.3, -0.25) is 0 Å². The first-order valence-corrected chi connectivity index (χ1v) is 5.96. The smallest absolute Gasteiger partial charge is 0.407 e. The molecule has 1 amide bonds. The lowest BCUT2D eigenvalue weighted by Crippen LogP contribution is -2.49. The monoisotopic (exact) mass is 232 g/mol. The summed E-state index contributed by atoms with van der Waals surface area (Å²) in [7, 11) is 0. The summed E-state index contributed by atoms with van der Waals surface area (Å²) in [6.07, 6.45) is 0.781. The molecule has 1 atom stereocenters. The number of hydrogen-bond donors (Lipinski definition) is 2. The lowest BCUT2D eigenvalue weighted by Gasteiger charge is -2.28. The van der Waals surface area contributed by atoms with Gasteiger partial charge in [-0.2, -0.15) is 0 Å². The van der Waals surface area contributed by atoms with E-state index in [1.807, 2.05) is 30.3 Å². The first kappa shape index (κ1) is 10.6. The van der Waals surface area contributed by atoms with Crippen LogP contribution in [0.15, 0.2) is 30.3 Å².